The Bertz CT molecular complexity index is 2750. The highest BCUT2D eigenvalue weighted by Gasteiger charge is 2.26. The van der Waals surface area contributed by atoms with Crippen molar-refractivity contribution in [2.75, 3.05) is 5.73 Å². The Kier molecular flexibility index (Phi) is 8.93. The van der Waals surface area contributed by atoms with Gasteiger partial charge in [-0.2, -0.15) is 43.9 Å². The summed E-state index contributed by atoms with van der Waals surface area (Å²) in [5, 5.41) is 16.3. The van der Waals surface area contributed by atoms with E-state index in [9.17, 15) is 51.9 Å². The molecule has 0 aliphatic heterocycles. The molecule has 17 nitrogen and oxygen atoms in total. The van der Waals surface area contributed by atoms with Gasteiger partial charge in [0.2, 0.25) is 0 Å². The number of nitrogens with two attached hydrogens (primary N) is 1. The molecule has 0 saturated carbocycles. The van der Waals surface area contributed by atoms with Crippen LogP contribution in [0.2, 0.25) is 0 Å². The van der Waals surface area contributed by atoms with Crippen molar-refractivity contribution >= 4 is 90.5 Å². The molecule has 0 fully saturated rings. The quantitative estimate of drug-likeness (QED) is 0.0690. The van der Waals surface area contributed by atoms with Gasteiger partial charge in [0.15, 0.2) is 0 Å². The molecule has 5 aromatic rings. The minimum absolute atomic E-state index is 0.117. The average molecular weight is 750 g/mol. The van der Waals surface area contributed by atoms with Crippen LogP contribution < -0.4 is 5.73 Å². The zero-order valence-corrected chi connectivity index (χ0v) is 28.2. The zero-order chi connectivity index (χ0) is 36.3. The van der Waals surface area contributed by atoms with Crippen molar-refractivity contribution in [3.05, 3.63) is 77.9 Å². The van der Waals surface area contributed by atoms with Gasteiger partial charge >= 0.3 is 0 Å². The fraction of sp³-hybridized carbons (Fsp3) is 0.0714. The molecule has 256 valence electrons. The van der Waals surface area contributed by atoms with Crippen LogP contribution in [0.3, 0.4) is 0 Å². The van der Waals surface area contributed by atoms with Crippen molar-refractivity contribution < 1.29 is 51.9 Å². The van der Waals surface area contributed by atoms with Crippen molar-refractivity contribution in [3.63, 3.8) is 0 Å². The molecule has 0 heterocycles. The number of nitrogens with zero attached hydrogens (tertiary/aromatic N) is 4. The number of fused-ring (bicyclic) bond motifs is 2. The maximum absolute atomic E-state index is 12.2. The summed E-state index contributed by atoms with van der Waals surface area (Å²) in [6.45, 7) is 3.19. The Morgan fingerprint density at radius 1 is 0.469 bits per heavy atom. The van der Waals surface area contributed by atoms with E-state index in [0.717, 1.165) is 12.1 Å². The second-order valence-corrected chi connectivity index (χ2v) is 16.2. The lowest BCUT2D eigenvalue weighted by Gasteiger charge is -2.11. The third-order valence-electron chi connectivity index (χ3n) is 7.19. The Labute approximate surface area is 278 Å². The number of hydrogen-bond acceptors (Lipinski definition) is 13. The third kappa shape index (κ3) is 7.33. The molecule has 0 aliphatic rings. The second-order valence-electron chi connectivity index (χ2n) is 10.5. The Balaban J connectivity index is 1.63. The van der Waals surface area contributed by atoms with E-state index in [0.29, 0.717) is 40.0 Å². The fourth-order valence-electron chi connectivity index (χ4n) is 4.81. The SMILES string of the molecule is Cc1cc(N=Nc2c(S(=O)(=O)O)ccc3c(S(=O)(=O)O)cc(S(=O)(=O)O)cc23)c(C)cc1N=Nc1ccc(N)c2ccc(S(=O)(=O)O)cc12. The molecule has 0 radical (unpaired) electrons. The van der Waals surface area contributed by atoms with Crippen LogP contribution in [0.4, 0.5) is 28.4 Å². The van der Waals surface area contributed by atoms with Crippen LogP contribution in [-0.4, -0.2) is 51.9 Å². The van der Waals surface area contributed by atoms with Gasteiger partial charge in [-0.3, -0.25) is 18.2 Å². The van der Waals surface area contributed by atoms with E-state index in [1.165, 1.54) is 42.5 Å². The lowest BCUT2D eigenvalue weighted by Crippen LogP contribution is -2.05. The molecule has 0 aromatic heterocycles. The summed E-state index contributed by atoms with van der Waals surface area (Å²) in [4.78, 5) is -3.30. The van der Waals surface area contributed by atoms with Gasteiger partial charge in [0, 0.05) is 27.2 Å². The molecule has 0 spiro atoms. The molecule has 21 heteroatoms. The highest BCUT2D eigenvalue weighted by atomic mass is 32.2. The monoisotopic (exact) mass is 749 g/mol. The molecule has 0 atom stereocenters. The molecule has 0 aliphatic carbocycles. The topological polar surface area (TPSA) is 293 Å². The number of benzene rings is 5. The highest BCUT2D eigenvalue weighted by Crippen LogP contribution is 2.40. The maximum Gasteiger partial charge on any atom is 0.296 e. The summed E-state index contributed by atoms with van der Waals surface area (Å²) < 4.78 is 135. The molecule has 6 N–H and O–H groups in total. The lowest BCUT2D eigenvalue weighted by atomic mass is 10.1. The normalized spacial score (nSPS) is 13.3. The summed E-state index contributed by atoms with van der Waals surface area (Å²) in [5.74, 6) is 0. The van der Waals surface area contributed by atoms with Crippen LogP contribution in [0.5, 0.6) is 0 Å². The molecule has 0 amide bonds. The predicted molar refractivity (Wildman–Crippen MR) is 176 cm³/mol. The number of anilines is 1. The highest BCUT2D eigenvalue weighted by molar-refractivity contribution is 7.87. The van der Waals surface area contributed by atoms with Gasteiger partial charge < -0.3 is 5.73 Å². The number of rotatable bonds is 8. The summed E-state index contributed by atoms with van der Waals surface area (Å²) in [6.07, 6.45) is 0. The van der Waals surface area contributed by atoms with E-state index in [-0.39, 0.29) is 21.7 Å². The summed E-state index contributed by atoms with van der Waals surface area (Å²) in [5.41, 5.74) is 7.12. The first-order chi connectivity index (χ1) is 22.6. The smallest absolute Gasteiger partial charge is 0.296 e. The van der Waals surface area contributed by atoms with E-state index in [2.05, 4.69) is 20.5 Å². The molecule has 0 unspecified atom stereocenters. The lowest BCUT2D eigenvalue weighted by molar-refractivity contribution is 0.479. The average Bonchev–Trinajstić information content (AvgIpc) is 2.98. The number of aryl methyl sites for hydroxylation is 2. The van der Waals surface area contributed by atoms with Gasteiger partial charge in [-0.1, -0.05) is 12.1 Å². The Morgan fingerprint density at radius 2 is 0.980 bits per heavy atom. The minimum atomic E-state index is -5.13. The molecule has 5 aromatic carbocycles. The Morgan fingerprint density at radius 3 is 1.53 bits per heavy atom. The van der Waals surface area contributed by atoms with Crippen LogP contribution in [-0.2, 0) is 40.5 Å². The van der Waals surface area contributed by atoms with Gasteiger partial charge in [-0.05, 0) is 79.6 Å². The van der Waals surface area contributed by atoms with Crippen LogP contribution in [0.15, 0.2) is 107 Å². The van der Waals surface area contributed by atoms with Gasteiger partial charge in [-0.25, -0.2) is 0 Å². The van der Waals surface area contributed by atoms with Crippen molar-refractivity contribution in [2.45, 2.75) is 33.4 Å². The van der Waals surface area contributed by atoms with Crippen LogP contribution in [0, 0.1) is 13.8 Å². The van der Waals surface area contributed by atoms with Crippen molar-refractivity contribution in [1.82, 2.24) is 0 Å². The summed E-state index contributed by atoms with van der Waals surface area (Å²) in [6, 6.07) is 12.6. The molecule has 49 heavy (non-hydrogen) atoms. The number of nitrogen functional groups attached to an aromatic ring is 1. The van der Waals surface area contributed by atoms with Crippen molar-refractivity contribution in [2.24, 2.45) is 20.5 Å². The second kappa shape index (κ2) is 12.3. The molecule has 0 saturated heterocycles. The zero-order valence-electron chi connectivity index (χ0n) is 24.9. The van der Waals surface area contributed by atoms with Crippen LogP contribution >= 0.6 is 0 Å². The van der Waals surface area contributed by atoms with Crippen molar-refractivity contribution in [1.29, 1.82) is 0 Å². The molecular formula is C28H23N5O12S4. The Hall–Kier alpha value is -4.74. The maximum atomic E-state index is 12.2. The van der Waals surface area contributed by atoms with Gasteiger partial charge in [0.1, 0.15) is 15.5 Å². The largest absolute Gasteiger partial charge is 0.398 e. The standard InChI is InChI=1S/C28H23N5O12S4/c1-14-10-25(15(2)9-24(14)31-30-23-7-6-22(29)18-4-3-16(11-20(18)23)46(34,35)36)32-33-28-21-12-17(47(37,38)39)13-27(49(43,44)45)19(21)5-8-26(28)48(40,41)42/h3-13H,29H2,1-2H3,(H,34,35,36)(H,37,38,39)(H,40,41,42)(H,43,44,45). The fourth-order valence-corrected chi connectivity index (χ4v) is 7.29. The third-order valence-corrected chi connectivity index (χ3v) is 10.7. The number of azo groups is 2. The first-order valence-corrected chi connectivity index (χ1v) is 19.1. The van der Waals surface area contributed by atoms with Crippen LogP contribution in [0.25, 0.3) is 21.5 Å². The first-order valence-electron chi connectivity index (χ1n) is 13.3. The first kappa shape index (κ1) is 35.6. The molecule has 5 rings (SSSR count). The molecular weight excluding hydrogens is 727 g/mol. The number of hydrogen-bond donors (Lipinski definition) is 5. The van der Waals surface area contributed by atoms with Gasteiger partial charge in [0.25, 0.3) is 40.5 Å². The minimum Gasteiger partial charge on any atom is -0.398 e. The van der Waals surface area contributed by atoms with E-state index >= 15 is 0 Å². The molecule has 0 bridgehead atoms. The van der Waals surface area contributed by atoms with E-state index in [1.807, 2.05) is 0 Å². The van der Waals surface area contributed by atoms with Gasteiger partial charge in [-0.15, -0.1) is 10.2 Å². The van der Waals surface area contributed by atoms with Gasteiger partial charge in [0.05, 0.1) is 26.9 Å². The van der Waals surface area contributed by atoms with E-state index in [1.54, 1.807) is 13.8 Å². The summed E-state index contributed by atoms with van der Waals surface area (Å²) in [7, 11) is -19.8. The van der Waals surface area contributed by atoms with E-state index in [4.69, 9.17) is 5.73 Å². The van der Waals surface area contributed by atoms with E-state index < -0.39 is 71.6 Å². The van der Waals surface area contributed by atoms with Crippen LogP contribution in [0.1, 0.15) is 11.1 Å². The predicted octanol–water partition coefficient (Wildman–Crippen LogP) is 6.01. The van der Waals surface area contributed by atoms with Crippen molar-refractivity contribution in [3.8, 4) is 0 Å². The summed E-state index contributed by atoms with van der Waals surface area (Å²) >= 11 is 0.